The van der Waals surface area contributed by atoms with Gasteiger partial charge in [-0.25, -0.2) is 0 Å². The predicted molar refractivity (Wildman–Crippen MR) is 69.2 cm³/mol. The molecule has 0 saturated heterocycles. The first-order chi connectivity index (χ1) is 6.99. The Bertz CT molecular complexity index is 164. The molecule has 0 amide bonds. The van der Waals surface area contributed by atoms with Gasteiger partial charge in [-0.2, -0.15) is 0 Å². The highest BCUT2D eigenvalue weighted by Crippen LogP contribution is 2.04. The molecule has 0 aliphatic carbocycles. The van der Waals surface area contributed by atoms with E-state index in [1.165, 1.54) is 0 Å². The Kier molecular flexibility index (Phi) is 7.71. The van der Waals surface area contributed by atoms with E-state index in [1.54, 1.807) is 0 Å². The van der Waals surface area contributed by atoms with Gasteiger partial charge in [-0.3, -0.25) is 4.90 Å². The van der Waals surface area contributed by atoms with Crippen LogP contribution >= 0.6 is 0 Å². The Morgan fingerprint density at radius 3 is 2.13 bits per heavy atom. The molecule has 0 heterocycles. The summed E-state index contributed by atoms with van der Waals surface area (Å²) in [6, 6.07) is 1.15. The normalized spacial score (nSPS) is 13.9. The van der Waals surface area contributed by atoms with E-state index in [1.807, 2.05) is 6.08 Å². The van der Waals surface area contributed by atoms with Crippen molar-refractivity contribution in [3.63, 3.8) is 0 Å². The molecular weight excluding hydrogens is 184 g/mol. The van der Waals surface area contributed by atoms with Crippen LogP contribution in [0.25, 0.3) is 0 Å². The van der Waals surface area contributed by atoms with Gasteiger partial charge in [-0.15, -0.1) is 6.58 Å². The predicted octanol–water partition coefficient (Wildman–Crippen LogP) is 2.52. The van der Waals surface area contributed by atoms with E-state index in [-0.39, 0.29) is 0 Å². The Balaban J connectivity index is 3.91. The minimum absolute atomic E-state index is 0.571. The summed E-state index contributed by atoms with van der Waals surface area (Å²) >= 11 is 0. The van der Waals surface area contributed by atoms with Crippen molar-refractivity contribution in [1.82, 2.24) is 10.2 Å². The average Bonchev–Trinajstić information content (AvgIpc) is 2.12. The quantitative estimate of drug-likeness (QED) is 0.622. The van der Waals surface area contributed by atoms with Gasteiger partial charge in [0.05, 0.1) is 0 Å². The van der Waals surface area contributed by atoms with Gasteiger partial charge < -0.3 is 5.32 Å². The van der Waals surface area contributed by atoms with Gasteiger partial charge in [0.2, 0.25) is 0 Å². The summed E-state index contributed by atoms with van der Waals surface area (Å²) in [5, 5.41) is 3.50. The van der Waals surface area contributed by atoms with Gasteiger partial charge in [0.15, 0.2) is 0 Å². The molecule has 0 radical (unpaired) electrons. The second-order valence-electron chi connectivity index (χ2n) is 4.98. The molecule has 0 spiro atoms. The van der Waals surface area contributed by atoms with Crippen molar-refractivity contribution in [3.8, 4) is 0 Å². The first-order valence-electron chi connectivity index (χ1n) is 6.06. The Morgan fingerprint density at radius 2 is 1.73 bits per heavy atom. The molecule has 0 aromatic heterocycles. The summed E-state index contributed by atoms with van der Waals surface area (Å²) in [7, 11) is 0. The Hall–Kier alpha value is -0.340. The zero-order valence-electron chi connectivity index (χ0n) is 11.1. The molecule has 0 aromatic carbocycles. The fourth-order valence-corrected chi connectivity index (χ4v) is 1.75. The number of nitrogens with one attached hydrogen (secondary N) is 1. The number of nitrogens with zero attached hydrogens (tertiary/aromatic N) is 1. The molecule has 15 heavy (non-hydrogen) atoms. The van der Waals surface area contributed by atoms with E-state index >= 15 is 0 Å². The Morgan fingerprint density at radius 1 is 1.13 bits per heavy atom. The summed E-state index contributed by atoms with van der Waals surface area (Å²) in [6.45, 7) is 18.2. The van der Waals surface area contributed by atoms with E-state index in [0.29, 0.717) is 12.1 Å². The molecular formula is C13H28N2. The highest BCUT2D eigenvalue weighted by atomic mass is 15.2. The molecule has 0 saturated carbocycles. The maximum Gasteiger partial charge on any atom is 0.0198 e. The molecule has 0 fully saturated rings. The van der Waals surface area contributed by atoms with Crippen LogP contribution in [0.3, 0.4) is 0 Å². The second-order valence-corrected chi connectivity index (χ2v) is 4.98. The molecule has 0 aliphatic heterocycles. The highest BCUT2D eigenvalue weighted by Gasteiger charge is 2.14. The maximum absolute atomic E-state index is 3.81. The first-order valence-corrected chi connectivity index (χ1v) is 6.06. The minimum atomic E-state index is 0.571. The van der Waals surface area contributed by atoms with Crippen LogP contribution in [0.4, 0.5) is 0 Å². The topological polar surface area (TPSA) is 15.3 Å². The standard InChI is InChI=1S/C13H28N2/c1-7-8-15(12(4)5)13(6)10-14-9-11(2)3/h7,11-14H,1,8-10H2,2-6H3. The van der Waals surface area contributed by atoms with E-state index in [2.05, 4.69) is 51.4 Å². The highest BCUT2D eigenvalue weighted by molar-refractivity contribution is 4.80. The van der Waals surface area contributed by atoms with Crippen LogP contribution in [-0.2, 0) is 0 Å². The van der Waals surface area contributed by atoms with Crippen LogP contribution in [0.1, 0.15) is 34.6 Å². The van der Waals surface area contributed by atoms with Gasteiger partial charge in [0.25, 0.3) is 0 Å². The lowest BCUT2D eigenvalue weighted by molar-refractivity contribution is 0.179. The first kappa shape index (κ1) is 14.7. The molecule has 0 aromatic rings. The maximum atomic E-state index is 3.81. The van der Waals surface area contributed by atoms with Crippen molar-refractivity contribution in [2.75, 3.05) is 19.6 Å². The van der Waals surface area contributed by atoms with Gasteiger partial charge in [0.1, 0.15) is 0 Å². The average molecular weight is 212 g/mol. The van der Waals surface area contributed by atoms with Crippen molar-refractivity contribution in [1.29, 1.82) is 0 Å². The monoisotopic (exact) mass is 212 g/mol. The lowest BCUT2D eigenvalue weighted by Gasteiger charge is -2.32. The number of rotatable bonds is 8. The summed E-state index contributed by atoms with van der Waals surface area (Å²) in [4.78, 5) is 2.46. The van der Waals surface area contributed by atoms with Crippen LogP contribution in [0, 0.1) is 5.92 Å². The van der Waals surface area contributed by atoms with Crippen molar-refractivity contribution in [2.24, 2.45) is 5.92 Å². The number of hydrogen-bond acceptors (Lipinski definition) is 2. The van der Waals surface area contributed by atoms with Crippen molar-refractivity contribution < 1.29 is 0 Å². The second kappa shape index (κ2) is 7.89. The molecule has 1 unspecified atom stereocenters. The summed E-state index contributed by atoms with van der Waals surface area (Å²) in [6.07, 6.45) is 1.99. The van der Waals surface area contributed by atoms with Crippen LogP contribution in [0.15, 0.2) is 12.7 Å². The largest absolute Gasteiger partial charge is 0.315 e. The third-order valence-electron chi connectivity index (χ3n) is 2.56. The number of hydrogen-bond donors (Lipinski definition) is 1. The van der Waals surface area contributed by atoms with Crippen molar-refractivity contribution >= 4 is 0 Å². The molecule has 1 atom stereocenters. The molecule has 2 nitrogen and oxygen atoms in total. The Labute approximate surface area is 95.7 Å². The zero-order valence-corrected chi connectivity index (χ0v) is 11.1. The molecule has 0 rings (SSSR count). The van der Waals surface area contributed by atoms with Gasteiger partial charge in [-0.05, 0) is 33.2 Å². The molecule has 0 aliphatic rings. The fraction of sp³-hybridized carbons (Fsp3) is 0.846. The van der Waals surface area contributed by atoms with E-state index in [4.69, 9.17) is 0 Å². The van der Waals surface area contributed by atoms with Crippen molar-refractivity contribution in [2.45, 2.75) is 46.7 Å². The zero-order chi connectivity index (χ0) is 11.8. The van der Waals surface area contributed by atoms with Crippen LogP contribution in [0.5, 0.6) is 0 Å². The van der Waals surface area contributed by atoms with E-state index in [0.717, 1.165) is 25.6 Å². The minimum Gasteiger partial charge on any atom is -0.315 e. The van der Waals surface area contributed by atoms with E-state index in [9.17, 15) is 0 Å². The smallest absolute Gasteiger partial charge is 0.0198 e. The molecule has 0 bridgehead atoms. The fourth-order valence-electron chi connectivity index (χ4n) is 1.75. The van der Waals surface area contributed by atoms with Crippen molar-refractivity contribution in [3.05, 3.63) is 12.7 Å². The van der Waals surface area contributed by atoms with Crippen LogP contribution in [-0.4, -0.2) is 36.6 Å². The molecule has 1 N–H and O–H groups in total. The summed E-state index contributed by atoms with van der Waals surface area (Å²) < 4.78 is 0. The summed E-state index contributed by atoms with van der Waals surface area (Å²) in [5.41, 5.74) is 0. The molecule has 90 valence electrons. The van der Waals surface area contributed by atoms with Gasteiger partial charge in [0, 0.05) is 25.2 Å². The van der Waals surface area contributed by atoms with E-state index < -0.39 is 0 Å². The summed E-state index contributed by atoms with van der Waals surface area (Å²) in [5.74, 6) is 0.726. The SMILES string of the molecule is C=CCN(C(C)C)C(C)CNCC(C)C. The molecule has 2 heteroatoms. The third-order valence-corrected chi connectivity index (χ3v) is 2.56. The van der Waals surface area contributed by atoms with Crippen LogP contribution < -0.4 is 5.32 Å². The third kappa shape index (κ3) is 6.69. The lowest BCUT2D eigenvalue weighted by atomic mass is 10.2. The van der Waals surface area contributed by atoms with Crippen LogP contribution in [0.2, 0.25) is 0 Å². The van der Waals surface area contributed by atoms with Gasteiger partial charge >= 0.3 is 0 Å². The lowest BCUT2D eigenvalue weighted by Crippen LogP contribution is -2.44. The van der Waals surface area contributed by atoms with Gasteiger partial charge in [-0.1, -0.05) is 19.9 Å².